The number of carboxylic acid groups (broad SMARTS) is 1. The number of rotatable bonds is 2. The summed E-state index contributed by atoms with van der Waals surface area (Å²) < 4.78 is 28.0. The number of carboxylic acids is 1. The number of aromatic carboxylic acids is 1. The van der Waals surface area contributed by atoms with Crippen LogP contribution in [0.15, 0.2) is 36.7 Å². The molecule has 0 atom stereocenters. The van der Waals surface area contributed by atoms with Crippen LogP contribution in [0.25, 0.3) is 16.9 Å². The van der Waals surface area contributed by atoms with E-state index in [2.05, 4.69) is 10.1 Å². The van der Waals surface area contributed by atoms with Crippen LogP contribution in [0.2, 0.25) is 0 Å². The van der Waals surface area contributed by atoms with E-state index < -0.39 is 17.6 Å². The molecule has 20 heavy (non-hydrogen) atoms. The van der Waals surface area contributed by atoms with Gasteiger partial charge in [0.2, 0.25) is 0 Å². The van der Waals surface area contributed by atoms with Crippen molar-refractivity contribution in [1.82, 2.24) is 14.6 Å². The average Bonchev–Trinajstić information content (AvgIpc) is 2.77. The lowest BCUT2D eigenvalue weighted by molar-refractivity contribution is 0.0699. The van der Waals surface area contributed by atoms with E-state index in [9.17, 15) is 18.7 Å². The molecule has 0 aliphatic carbocycles. The minimum atomic E-state index is -1.28. The van der Waals surface area contributed by atoms with Gasteiger partial charge in [0.25, 0.3) is 0 Å². The lowest BCUT2D eigenvalue weighted by atomic mass is 10.1. The largest absolute Gasteiger partial charge is 0.477 e. The molecule has 1 N–H and O–H groups in total. The van der Waals surface area contributed by atoms with Crippen LogP contribution < -0.4 is 0 Å². The zero-order valence-corrected chi connectivity index (χ0v) is 9.92. The van der Waals surface area contributed by atoms with E-state index in [1.54, 1.807) is 6.07 Å². The van der Waals surface area contributed by atoms with Crippen LogP contribution in [0.1, 0.15) is 10.4 Å². The second kappa shape index (κ2) is 4.37. The number of benzene rings is 1. The van der Waals surface area contributed by atoms with Gasteiger partial charge in [0.15, 0.2) is 5.65 Å². The molecule has 3 rings (SSSR count). The Morgan fingerprint density at radius 2 is 2.10 bits per heavy atom. The van der Waals surface area contributed by atoms with E-state index in [0.29, 0.717) is 6.07 Å². The molecule has 0 saturated heterocycles. The number of fused-ring (bicyclic) bond motifs is 1. The van der Waals surface area contributed by atoms with Crippen LogP contribution in [0.5, 0.6) is 0 Å². The van der Waals surface area contributed by atoms with Crippen molar-refractivity contribution < 1.29 is 18.7 Å². The molecule has 100 valence electrons. The van der Waals surface area contributed by atoms with Crippen LogP contribution >= 0.6 is 0 Å². The molecule has 2 aromatic heterocycles. The molecule has 0 unspecified atom stereocenters. The first kappa shape index (κ1) is 12.2. The fourth-order valence-electron chi connectivity index (χ4n) is 1.95. The number of nitrogens with zero attached hydrogens (tertiary/aromatic N) is 3. The Bertz CT molecular complexity index is 830. The summed E-state index contributed by atoms with van der Waals surface area (Å²) in [5, 5.41) is 13.3. The summed E-state index contributed by atoms with van der Waals surface area (Å²) in [6.07, 6.45) is 2.91. The quantitative estimate of drug-likeness (QED) is 0.779. The third kappa shape index (κ3) is 1.80. The first-order valence-electron chi connectivity index (χ1n) is 5.60. The molecule has 7 heteroatoms. The van der Waals surface area contributed by atoms with Crippen molar-refractivity contribution in [2.45, 2.75) is 0 Å². The summed E-state index contributed by atoms with van der Waals surface area (Å²) >= 11 is 0. The molecule has 0 radical (unpaired) electrons. The molecule has 0 amide bonds. The van der Waals surface area contributed by atoms with E-state index in [-0.39, 0.29) is 22.5 Å². The van der Waals surface area contributed by atoms with Crippen LogP contribution in [-0.2, 0) is 0 Å². The van der Waals surface area contributed by atoms with Gasteiger partial charge in [-0.1, -0.05) is 0 Å². The Kier molecular flexibility index (Phi) is 2.67. The summed E-state index contributed by atoms with van der Waals surface area (Å²) in [4.78, 5) is 15.3. The summed E-state index contributed by atoms with van der Waals surface area (Å²) in [6, 6.07) is 4.44. The van der Waals surface area contributed by atoms with Gasteiger partial charge in [0.1, 0.15) is 22.9 Å². The van der Waals surface area contributed by atoms with Gasteiger partial charge in [-0.05, 0) is 18.2 Å². The Morgan fingerprint density at radius 1 is 1.30 bits per heavy atom. The van der Waals surface area contributed by atoms with Gasteiger partial charge in [-0.2, -0.15) is 5.10 Å². The van der Waals surface area contributed by atoms with E-state index >= 15 is 0 Å². The normalized spacial score (nSPS) is 10.9. The molecular weight excluding hydrogens is 268 g/mol. The second-order valence-corrected chi connectivity index (χ2v) is 4.04. The Morgan fingerprint density at radius 3 is 2.80 bits per heavy atom. The van der Waals surface area contributed by atoms with Gasteiger partial charge in [-0.15, -0.1) is 0 Å². The monoisotopic (exact) mass is 275 g/mol. The zero-order valence-electron chi connectivity index (χ0n) is 9.92. The molecule has 0 spiro atoms. The maximum atomic E-state index is 13.8. The van der Waals surface area contributed by atoms with Crippen LogP contribution in [0, 0.1) is 11.6 Å². The first-order chi connectivity index (χ1) is 9.58. The summed E-state index contributed by atoms with van der Waals surface area (Å²) in [5.41, 5.74) is -0.308. The average molecular weight is 275 g/mol. The van der Waals surface area contributed by atoms with Gasteiger partial charge in [-0.3, -0.25) is 0 Å². The van der Waals surface area contributed by atoms with Crippen molar-refractivity contribution >= 4 is 11.6 Å². The molecule has 0 saturated carbocycles. The lowest BCUT2D eigenvalue weighted by Crippen LogP contribution is -2.00. The third-order valence-electron chi connectivity index (χ3n) is 2.80. The zero-order chi connectivity index (χ0) is 14.3. The maximum Gasteiger partial charge on any atom is 0.341 e. The summed E-state index contributed by atoms with van der Waals surface area (Å²) in [7, 11) is 0. The lowest BCUT2D eigenvalue weighted by Gasteiger charge is -2.00. The van der Waals surface area contributed by atoms with E-state index in [4.69, 9.17) is 0 Å². The van der Waals surface area contributed by atoms with Crippen molar-refractivity contribution in [3.05, 3.63) is 53.9 Å². The van der Waals surface area contributed by atoms with E-state index in [0.717, 1.165) is 12.1 Å². The molecule has 0 fully saturated rings. The highest BCUT2D eigenvalue weighted by Crippen LogP contribution is 2.27. The maximum absolute atomic E-state index is 13.8. The molecule has 1 aromatic carbocycles. The Hall–Kier alpha value is -2.83. The third-order valence-corrected chi connectivity index (χ3v) is 2.80. The predicted octanol–water partition coefficient (Wildman–Crippen LogP) is 2.37. The standard InChI is InChI=1S/C13H7F2N3O2/c14-7-2-3-8(9(15)6-7)11-10(13(19)20)12-16-4-1-5-18(12)17-11/h1-6H,(H,19,20). The van der Waals surface area contributed by atoms with Crippen LogP contribution in [0.3, 0.4) is 0 Å². The summed E-state index contributed by atoms with van der Waals surface area (Å²) in [5.74, 6) is -2.90. The van der Waals surface area contributed by atoms with Gasteiger partial charge in [0.05, 0.1) is 0 Å². The van der Waals surface area contributed by atoms with Gasteiger partial charge < -0.3 is 5.11 Å². The highest BCUT2D eigenvalue weighted by Gasteiger charge is 2.23. The highest BCUT2D eigenvalue weighted by atomic mass is 19.1. The van der Waals surface area contributed by atoms with Crippen molar-refractivity contribution in [1.29, 1.82) is 0 Å². The summed E-state index contributed by atoms with van der Waals surface area (Å²) in [6.45, 7) is 0. The molecule has 5 nitrogen and oxygen atoms in total. The molecular formula is C13H7F2N3O2. The van der Waals surface area contributed by atoms with Crippen molar-refractivity contribution in [3.8, 4) is 11.3 Å². The van der Waals surface area contributed by atoms with Gasteiger partial charge >= 0.3 is 5.97 Å². The van der Waals surface area contributed by atoms with Crippen molar-refractivity contribution in [3.63, 3.8) is 0 Å². The molecule has 2 heterocycles. The van der Waals surface area contributed by atoms with Gasteiger partial charge in [0, 0.05) is 24.0 Å². The minimum absolute atomic E-state index is 0.0886. The number of carbonyl (C=O) groups is 1. The SMILES string of the molecule is O=C(O)c1c(-c2ccc(F)cc2F)nn2cccnc12. The Balaban J connectivity index is 2.35. The minimum Gasteiger partial charge on any atom is -0.477 e. The number of aromatic nitrogens is 3. The van der Waals surface area contributed by atoms with Crippen LogP contribution in [0.4, 0.5) is 8.78 Å². The smallest absolute Gasteiger partial charge is 0.341 e. The molecule has 0 aliphatic rings. The predicted molar refractivity (Wildman–Crippen MR) is 65.3 cm³/mol. The van der Waals surface area contributed by atoms with Crippen molar-refractivity contribution in [2.75, 3.05) is 0 Å². The fourth-order valence-corrected chi connectivity index (χ4v) is 1.95. The molecule has 0 bridgehead atoms. The number of hydrogen-bond donors (Lipinski definition) is 1. The second-order valence-electron chi connectivity index (χ2n) is 4.04. The van der Waals surface area contributed by atoms with Crippen LogP contribution in [-0.4, -0.2) is 25.7 Å². The van der Waals surface area contributed by atoms with E-state index in [1.807, 2.05) is 0 Å². The number of hydrogen-bond acceptors (Lipinski definition) is 3. The fraction of sp³-hybridized carbons (Fsp3) is 0. The van der Waals surface area contributed by atoms with E-state index in [1.165, 1.54) is 16.9 Å². The molecule has 0 aliphatic heterocycles. The van der Waals surface area contributed by atoms with Crippen molar-refractivity contribution in [2.24, 2.45) is 0 Å². The molecule has 3 aromatic rings. The Labute approximate surface area is 111 Å². The first-order valence-corrected chi connectivity index (χ1v) is 5.60. The topological polar surface area (TPSA) is 67.5 Å². The number of halogens is 2. The highest BCUT2D eigenvalue weighted by molar-refractivity contribution is 6.01. The van der Waals surface area contributed by atoms with Gasteiger partial charge in [-0.25, -0.2) is 23.1 Å².